The number of anilines is 1. The van der Waals surface area contributed by atoms with E-state index in [0.717, 1.165) is 126 Å². The van der Waals surface area contributed by atoms with Gasteiger partial charge < -0.3 is 24.2 Å². The molecule has 0 unspecified atom stereocenters. The van der Waals surface area contributed by atoms with Crippen LogP contribution in [-0.2, 0) is 20.7 Å². The number of nitrogens with zero attached hydrogens (tertiary/aromatic N) is 6. The molecule has 282 valence electrons. The molecule has 5 heterocycles. The van der Waals surface area contributed by atoms with Crippen LogP contribution >= 0.6 is 0 Å². The van der Waals surface area contributed by atoms with Crippen molar-refractivity contribution in [1.82, 2.24) is 24.5 Å². The van der Waals surface area contributed by atoms with Gasteiger partial charge in [-0.15, -0.1) is 0 Å². The van der Waals surface area contributed by atoms with Crippen molar-refractivity contribution in [2.75, 3.05) is 44.2 Å². The van der Waals surface area contributed by atoms with Gasteiger partial charge in [0.2, 0.25) is 11.8 Å². The summed E-state index contributed by atoms with van der Waals surface area (Å²) < 4.78 is 14.4. The lowest BCUT2D eigenvalue weighted by Crippen LogP contribution is -2.62. The molecule has 1 atom stereocenters. The first-order valence-corrected chi connectivity index (χ1v) is 20.2. The van der Waals surface area contributed by atoms with Crippen molar-refractivity contribution in [3.05, 3.63) is 30.1 Å². The Balaban J connectivity index is 0.846. The number of amides is 3. The summed E-state index contributed by atoms with van der Waals surface area (Å²) in [4.78, 5) is 47.5. The fourth-order valence-electron chi connectivity index (χ4n) is 8.80. The highest BCUT2D eigenvalue weighted by Crippen LogP contribution is 2.46. The summed E-state index contributed by atoms with van der Waals surface area (Å²) in [5.41, 5.74) is 3.87. The van der Waals surface area contributed by atoms with E-state index >= 15 is 0 Å². The van der Waals surface area contributed by atoms with Gasteiger partial charge in [0.15, 0.2) is 0 Å². The van der Waals surface area contributed by atoms with Gasteiger partial charge in [0.1, 0.15) is 11.4 Å². The van der Waals surface area contributed by atoms with Crippen molar-refractivity contribution in [3.63, 3.8) is 0 Å². The van der Waals surface area contributed by atoms with Crippen LogP contribution in [0, 0.1) is 11.8 Å². The third-order valence-electron chi connectivity index (χ3n) is 12.5. The van der Waals surface area contributed by atoms with Crippen molar-refractivity contribution in [3.8, 4) is 16.9 Å². The van der Waals surface area contributed by atoms with E-state index in [1.807, 2.05) is 27.0 Å². The number of fused-ring (bicyclic) bond motifs is 1. The van der Waals surface area contributed by atoms with Gasteiger partial charge >= 0.3 is 6.09 Å². The Morgan fingerprint density at radius 2 is 1.60 bits per heavy atom. The van der Waals surface area contributed by atoms with E-state index < -0.39 is 5.60 Å². The van der Waals surface area contributed by atoms with Crippen molar-refractivity contribution in [2.24, 2.45) is 11.8 Å². The lowest BCUT2D eigenvalue weighted by molar-refractivity contribution is -0.134. The molecule has 6 aliphatic rings. The molecule has 5 fully saturated rings. The minimum absolute atomic E-state index is 0.181. The van der Waals surface area contributed by atoms with E-state index in [4.69, 9.17) is 14.6 Å². The molecule has 0 bridgehead atoms. The SMILES string of the molecule is C[C@H]1CCc2c(ccc(-c3cnn(C4CCN(C(=O)CC5CCN(C6CN(C(=O)OC(C)(C)C)C6)CC5)CC4)c3)c2OC2CCC2)N1C(=O)C1CC1. The van der Waals surface area contributed by atoms with Gasteiger partial charge in [0.25, 0.3) is 0 Å². The van der Waals surface area contributed by atoms with Crippen LogP contribution in [0.15, 0.2) is 24.5 Å². The molecule has 2 saturated carbocycles. The third-order valence-corrected chi connectivity index (χ3v) is 12.5. The molecule has 3 amide bonds. The number of carbonyl (C=O) groups is 3. The number of benzene rings is 1. The lowest BCUT2D eigenvalue weighted by atomic mass is 9.90. The third kappa shape index (κ3) is 7.44. The minimum Gasteiger partial charge on any atom is -0.489 e. The highest BCUT2D eigenvalue weighted by Gasteiger charge is 2.41. The Kier molecular flexibility index (Phi) is 9.76. The topological polar surface area (TPSA) is 100 Å². The normalized spacial score (nSPS) is 23.9. The first-order chi connectivity index (χ1) is 25.0. The Hall–Kier alpha value is -3.60. The molecule has 2 aliphatic carbocycles. The predicted molar refractivity (Wildman–Crippen MR) is 199 cm³/mol. The minimum atomic E-state index is -0.468. The number of carbonyl (C=O) groups excluding carboxylic acids is 3. The monoisotopic (exact) mass is 714 g/mol. The van der Waals surface area contributed by atoms with Gasteiger partial charge in [-0.25, -0.2) is 4.79 Å². The quantitative estimate of drug-likeness (QED) is 0.310. The average molecular weight is 715 g/mol. The molecule has 0 spiro atoms. The molecule has 1 aromatic carbocycles. The van der Waals surface area contributed by atoms with Gasteiger partial charge in [-0.3, -0.25) is 19.2 Å². The fourth-order valence-corrected chi connectivity index (χ4v) is 8.80. The van der Waals surface area contributed by atoms with E-state index in [2.05, 4.69) is 44.6 Å². The number of aromatic nitrogens is 2. The first kappa shape index (κ1) is 35.4. The zero-order valence-electron chi connectivity index (χ0n) is 31.7. The summed E-state index contributed by atoms with van der Waals surface area (Å²) in [6, 6.07) is 5.15. The molecule has 8 rings (SSSR count). The van der Waals surface area contributed by atoms with E-state index in [0.29, 0.717) is 18.4 Å². The molecule has 1 aromatic heterocycles. The van der Waals surface area contributed by atoms with Crippen molar-refractivity contribution < 1.29 is 23.9 Å². The number of piperidine rings is 2. The first-order valence-electron chi connectivity index (χ1n) is 20.2. The molecular weight excluding hydrogens is 656 g/mol. The van der Waals surface area contributed by atoms with Crippen molar-refractivity contribution >= 4 is 23.6 Å². The van der Waals surface area contributed by atoms with Crippen molar-refractivity contribution in [2.45, 2.75) is 135 Å². The molecular formula is C41H58N6O5. The van der Waals surface area contributed by atoms with Crippen LogP contribution in [0.4, 0.5) is 10.5 Å². The van der Waals surface area contributed by atoms with E-state index in [9.17, 15) is 14.4 Å². The van der Waals surface area contributed by atoms with E-state index in [1.165, 1.54) is 12.0 Å². The van der Waals surface area contributed by atoms with Gasteiger partial charge in [0, 0.05) is 73.5 Å². The summed E-state index contributed by atoms with van der Waals surface area (Å²) in [5, 5.41) is 4.86. The highest BCUT2D eigenvalue weighted by molar-refractivity contribution is 5.99. The second kappa shape index (κ2) is 14.3. The summed E-state index contributed by atoms with van der Waals surface area (Å²) in [6.45, 7) is 12.8. The molecule has 52 heavy (non-hydrogen) atoms. The number of hydrogen-bond donors (Lipinski definition) is 0. The Morgan fingerprint density at radius 1 is 0.865 bits per heavy atom. The molecule has 3 saturated heterocycles. The summed E-state index contributed by atoms with van der Waals surface area (Å²) in [5.74, 6) is 2.11. The predicted octanol–water partition coefficient (Wildman–Crippen LogP) is 6.44. The number of rotatable bonds is 8. The number of ether oxygens (including phenoxy) is 2. The van der Waals surface area contributed by atoms with Crippen LogP contribution in [0.3, 0.4) is 0 Å². The van der Waals surface area contributed by atoms with Crippen LogP contribution in [0.2, 0.25) is 0 Å². The number of hydrogen-bond acceptors (Lipinski definition) is 7. The largest absolute Gasteiger partial charge is 0.489 e. The van der Waals surface area contributed by atoms with E-state index in [1.54, 1.807) is 4.90 Å². The molecule has 11 nitrogen and oxygen atoms in total. The van der Waals surface area contributed by atoms with Gasteiger partial charge in [0.05, 0.1) is 24.0 Å². The Labute approximate surface area is 308 Å². The maximum atomic E-state index is 13.4. The zero-order valence-corrected chi connectivity index (χ0v) is 31.7. The van der Waals surface area contributed by atoms with Crippen molar-refractivity contribution in [1.29, 1.82) is 0 Å². The van der Waals surface area contributed by atoms with Gasteiger partial charge in [-0.05, 0) is 129 Å². The second-order valence-electron chi connectivity index (χ2n) is 17.5. The lowest BCUT2D eigenvalue weighted by Gasteiger charge is -2.47. The Bertz CT molecular complexity index is 1640. The fraction of sp³-hybridized carbons (Fsp3) is 0.707. The van der Waals surface area contributed by atoms with Crippen LogP contribution < -0.4 is 9.64 Å². The molecule has 4 aliphatic heterocycles. The Morgan fingerprint density at radius 3 is 2.25 bits per heavy atom. The summed E-state index contributed by atoms with van der Waals surface area (Å²) >= 11 is 0. The van der Waals surface area contributed by atoms with Crippen LogP contribution in [0.25, 0.3) is 11.1 Å². The van der Waals surface area contributed by atoms with Crippen LogP contribution in [-0.4, -0.2) is 105 Å². The molecule has 11 heteroatoms. The highest BCUT2D eigenvalue weighted by atomic mass is 16.6. The van der Waals surface area contributed by atoms with Gasteiger partial charge in [-0.2, -0.15) is 5.10 Å². The van der Waals surface area contributed by atoms with E-state index in [-0.39, 0.29) is 42.0 Å². The summed E-state index contributed by atoms with van der Waals surface area (Å²) in [6.07, 6.45) is 15.9. The standard InChI is InChI=1S/C41H58N6O5/c1-27-8-11-35-36(47(27)39(49)29-9-10-29)13-12-34(38(35)51-33-6-5-7-33)30-23-42-46(24-30)31-16-20-44(21-17-31)37(48)22-28-14-18-43(19-15-28)32-25-45(26-32)40(50)52-41(2,3)4/h12-13,23-24,27-29,31-33H,5-11,14-22,25-26H2,1-4H3/t27-/m0/s1. The smallest absolute Gasteiger partial charge is 0.410 e. The molecule has 0 radical (unpaired) electrons. The molecule has 2 aromatic rings. The summed E-state index contributed by atoms with van der Waals surface area (Å²) in [7, 11) is 0. The van der Waals surface area contributed by atoms with Gasteiger partial charge in [-0.1, -0.05) is 0 Å². The second-order valence-corrected chi connectivity index (χ2v) is 17.5. The molecule has 0 N–H and O–H groups in total. The zero-order chi connectivity index (χ0) is 36.1. The number of likely N-dealkylation sites (tertiary alicyclic amines) is 3. The average Bonchev–Trinajstić information content (AvgIpc) is 3.81. The van der Waals surface area contributed by atoms with Crippen LogP contribution in [0.1, 0.15) is 110 Å². The maximum Gasteiger partial charge on any atom is 0.410 e. The maximum absolute atomic E-state index is 13.4. The van der Waals surface area contributed by atoms with Crippen LogP contribution in [0.5, 0.6) is 5.75 Å².